The molecule has 7 heteroatoms. The maximum Gasteiger partial charge on any atom is 0.255 e. The van der Waals surface area contributed by atoms with Crippen molar-refractivity contribution in [2.24, 2.45) is 0 Å². The second-order valence-electron chi connectivity index (χ2n) is 6.32. The summed E-state index contributed by atoms with van der Waals surface area (Å²) in [5, 5.41) is 9.87. The Morgan fingerprint density at radius 3 is 2.81 bits per heavy atom. The SMILES string of the molecule is O=c1[nH]c(-c2ccncc2)nc2c1CN(Cc1ccc(O)c(Cl)c1)CC2. The Bertz CT molecular complexity index is 1000. The second kappa shape index (κ2) is 6.90. The highest BCUT2D eigenvalue weighted by Gasteiger charge is 2.21. The van der Waals surface area contributed by atoms with Crippen LogP contribution in [0.5, 0.6) is 5.75 Å². The lowest BCUT2D eigenvalue weighted by atomic mass is 10.1. The van der Waals surface area contributed by atoms with Gasteiger partial charge < -0.3 is 10.1 Å². The standard InChI is InChI=1S/C19H17ClN4O2/c20-15-9-12(1-2-17(15)25)10-24-8-5-16-14(11-24)19(26)23-18(22-16)13-3-6-21-7-4-13/h1-4,6-7,9,25H,5,8,10-11H2,(H,22,23,26). The molecule has 2 N–H and O–H groups in total. The van der Waals surface area contributed by atoms with Gasteiger partial charge in [0.25, 0.3) is 5.56 Å². The van der Waals surface area contributed by atoms with Gasteiger partial charge in [-0.05, 0) is 29.8 Å². The molecule has 1 aliphatic heterocycles. The Balaban J connectivity index is 1.57. The van der Waals surface area contributed by atoms with Gasteiger partial charge >= 0.3 is 0 Å². The van der Waals surface area contributed by atoms with E-state index in [1.54, 1.807) is 24.5 Å². The molecule has 0 saturated heterocycles. The van der Waals surface area contributed by atoms with E-state index in [2.05, 4.69) is 19.9 Å². The van der Waals surface area contributed by atoms with Crippen LogP contribution in [0.25, 0.3) is 11.4 Å². The molecular weight excluding hydrogens is 352 g/mol. The number of H-pyrrole nitrogens is 1. The first-order valence-electron chi connectivity index (χ1n) is 8.32. The Labute approximate surface area is 155 Å². The third-order valence-electron chi connectivity index (χ3n) is 4.52. The molecule has 4 rings (SSSR count). The van der Waals surface area contributed by atoms with E-state index in [9.17, 15) is 9.90 Å². The number of benzene rings is 1. The van der Waals surface area contributed by atoms with Crippen LogP contribution in [0.1, 0.15) is 16.8 Å². The van der Waals surface area contributed by atoms with E-state index < -0.39 is 0 Å². The first-order valence-corrected chi connectivity index (χ1v) is 8.70. The fourth-order valence-electron chi connectivity index (χ4n) is 3.17. The van der Waals surface area contributed by atoms with Gasteiger partial charge in [0.1, 0.15) is 11.6 Å². The third-order valence-corrected chi connectivity index (χ3v) is 4.82. The molecule has 3 aromatic rings. The highest BCUT2D eigenvalue weighted by atomic mass is 35.5. The van der Waals surface area contributed by atoms with Crippen LogP contribution in [0.4, 0.5) is 0 Å². The van der Waals surface area contributed by atoms with E-state index in [1.165, 1.54) is 0 Å². The lowest BCUT2D eigenvalue weighted by molar-refractivity contribution is 0.242. The van der Waals surface area contributed by atoms with Gasteiger partial charge in [0, 0.05) is 44.0 Å². The fourth-order valence-corrected chi connectivity index (χ4v) is 3.37. The highest BCUT2D eigenvalue weighted by molar-refractivity contribution is 6.32. The number of rotatable bonds is 3. The number of phenols is 1. The van der Waals surface area contributed by atoms with Crippen molar-refractivity contribution < 1.29 is 5.11 Å². The molecule has 0 bridgehead atoms. The average Bonchev–Trinajstić information content (AvgIpc) is 2.66. The quantitative estimate of drug-likeness (QED) is 0.742. The van der Waals surface area contributed by atoms with Crippen molar-refractivity contribution in [2.75, 3.05) is 6.54 Å². The van der Waals surface area contributed by atoms with Crippen LogP contribution in [-0.4, -0.2) is 31.5 Å². The van der Waals surface area contributed by atoms with E-state index >= 15 is 0 Å². The molecule has 0 radical (unpaired) electrons. The van der Waals surface area contributed by atoms with Gasteiger partial charge in [-0.3, -0.25) is 14.7 Å². The van der Waals surface area contributed by atoms with E-state index in [0.717, 1.165) is 23.4 Å². The van der Waals surface area contributed by atoms with Crippen LogP contribution in [0.3, 0.4) is 0 Å². The summed E-state index contributed by atoms with van der Waals surface area (Å²) in [5.41, 5.74) is 3.30. The zero-order valence-electron chi connectivity index (χ0n) is 13.9. The predicted molar refractivity (Wildman–Crippen MR) is 99.0 cm³/mol. The molecule has 0 amide bonds. The minimum absolute atomic E-state index is 0.0729. The van der Waals surface area contributed by atoms with Crippen LogP contribution in [0.2, 0.25) is 5.02 Å². The summed E-state index contributed by atoms with van der Waals surface area (Å²) in [6, 6.07) is 8.83. The lowest BCUT2D eigenvalue weighted by Crippen LogP contribution is -2.35. The van der Waals surface area contributed by atoms with Gasteiger partial charge in [-0.15, -0.1) is 0 Å². The number of pyridine rings is 1. The van der Waals surface area contributed by atoms with Gasteiger partial charge in [0.05, 0.1) is 16.3 Å². The number of halogens is 1. The topological polar surface area (TPSA) is 82.1 Å². The first kappa shape index (κ1) is 16.8. The molecule has 0 saturated carbocycles. The first-order chi connectivity index (χ1) is 12.6. The molecule has 2 aromatic heterocycles. The third kappa shape index (κ3) is 3.34. The van der Waals surface area contributed by atoms with E-state index in [4.69, 9.17) is 11.6 Å². The van der Waals surface area contributed by atoms with Crippen LogP contribution < -0.4 is 5.56 Å². The Hall–Kier alpha value is -2.70. The zero-order chi connectivity index (χ0) is 18.1. The second-order valence-corrected chi connectivity index (χ2v) is 6.73. The van der Waals surface area contributed by atoms with Crippen molar-refractivity contribution in [3.05, 3.63) is 74.9 Å². The summed E-state index contributed by atoms with van der Waals surface area (Å²) in [6.07, 6.45) is 4.07. The molecular formula is C19H17ClN4O2. The Morgan fingerprint density at radius 2 is 2.04 bits per heavy atom. The molecule has 0 aliphatic carbocycles. The summed E-state index contributed by atoms with van der Waals surface area (Å²) in [4.78, 5) is 26.3. The van der Waals surface area contributed by atoms with Crippen molar-refractivity contribution in [1.29, 1.82) is 0 Å². The van der Waals surface area contributed by atoms with Gasteiger partial charge in [-0.2, -0.15) is 0 Å². The molecule has 1 aromatic carbocycles. The summed E-state index contributed by atoms with van der Waals surface area (Å²) >= 11 is 5.98. The predicted octanol–water partition coefficient (Wildman–Crippen LogP) is 2.75. The van der Waals surface area contributed by atoms with Crippen LogP contribution in [-0.2, 0) is 19.5 Å². The van der Waals surface area contributed by atoms with Crippen LogP contribution >= 0.6 is 11.6 Å². The maximum atomic E-state index is 12.6. The van der Waals surface area contributed by atoms with Gasteiger partial charge in [0.2, 0.25) is 0 Å². The normalized spacial score (nSPS) is 14.2. The molecule has 3 heterocycles. The fraction of sp³-hybridized carbons (Fsp3) is 0.211. The molecule has 0 fully saturated rings. The number of hydrogen-bond acceptors (Lipinski definition) is 5. The van der Waals surface area contributed by atoms with Crippen LogP contribution in [0, 0.1) is 0 Å². The minimum Gasteiger partial charge on any atom is -0.506 e. The smallest absolute Gasteiger partial charge is 0.255 e. The molecule has 132 valence electrons. The summed E-state index contributed by atoms with van der Waals surface area (Å²) < 4.78 is 0. The molecule has 0 unspecified atom stereocenters. The van der Waals surface area contributed by atoms with E-state index in [0.29, 0.717) is 35.9 Å². The molecule has 0 atom stereocenters. The Morgan fingerprint density at radius 1 is 1.23 bits per heavy atom. The molecule has 6 nitrogen and oxygen atoms in total. The maximum absolute atomic E-state index is 12.6. The van der Waals surface area contributed by atoms with Crippen molar-refractivity contribution in [3.8, 4) is 17.1 Å². The Kier molecular flexibility index (Phi) is 4.44. The largest absolute Gasteiger partial charge is 0.506 e. The van der Waals surface area contributed by atoms with Gasteiger partial charge in [-0.25, -0.2) is 4.98 Å². The minimum atomic E-state index is -0.102. The van der Waals surface area contributed by atoms with Gasteiger partial charge in [-0.1, -0.05) is 17.7 Å². The summed E-state index contributed by atoms with van der Waals surface area (Å²) in [5.74, 6) is 0.651. The number of phenolic OH excluding ortho intramolecular Hbond substituents is 1. The number of hydrogen-bond donors (Lipinski definition) is 2. The number of nitrogens with one attached hydrogen (secondary N) is 1. The monoisotopic (exact) mass is 368 g/mol. The summed E-state index contributed by atoms with van der Waals surface area (Å²) in [7, 11) is 0. The number of aromatic nitrogens is 3. The van der Waals surface area contributed by atoms with E-state index in [-0.39, 0.29) is 11.3 Å². The number of fused-ring (bicyclic) bond motifs is 1. The van der Waals surface area contributed by atoms with Crippen molar-refractivity contribution in [2.45, 2.75) is 19.5 Å². The zero-order valence-corrected chi connectivity index (χ0v) is 14.7. The van der Waals surface area contributed by atoms with Gasteiger partial charge in [0.15, 0.2) is 0 Å². The molecule has 26 heavy (non-hydrogen) atoms. The number of aromatic amines is 1. The molecule has 0 spiro atoms. The lowest BCUT2D eigenvalue weighted by Gasteiger charge is -2.27. The molecule has 1 aliphatic rings. The van der Waals surface area contributed by atoms with Crippen molar-refractivity contribution in [3.63, 3.8) is 0 Å². The number of nitrogens with zero attached hydrogens (tertiary/aromatic N) is 3. The highest BCUT2D eigenvalue weighted by Crippen LogP contribution is 2.25. The van der Waals surface area contributed by atoms with Crippen LogP contribution in [0.15, 0.2) is 47.5 Å². The summed E-state index contributed by atoms with van der Waals surface area (Å²) in [6.45, 7) is 2.00. The van der Waals surface area contributed by atoms with E-state index in [1.807, 2.05) is 18.2 Å². The number of aromatic hydroxyl groups is 1. The average molecular weight is 369 g/mol. The van der Waals surface area contributed by atoms with Crippen molar-refractivity contribution in [1.82, 2.24) is 19.9 Å². The van der Waals surface area contributed by atoms with Crippen molar-refractivity contribution >= 4 is 11.6 Å².